The number of piperidine rings is 1. The van der Waals surface area contributed by atoms with Gasteiger partial charge in [-0.25, -0.2) is 4.98 Å². The highest BCUT2D eigenvalue weighted by Gasteiger charge is 2.36. The molecule has 5 rings (SSSR count). The molecule has 3 aromatic rings. The van der Waals surface area contributed by atoms with E-state index in [4.69, 9.17) is 4.98 Å². The minimum Gasteiger partial charge on any atom is -0.356 e. The van der Waals surface area contributed by atoms with E-state index in [9.17, 15) is 9.59 Å². The second-order valence-corrected chi connectivity index (χ2v) is 10.6. The topological polar surface area (TPSA) is 90.5 Å². The summed E-state index contributed by atoms with van der Waals surface area (Å²) in [6.07, 6.45) is 6.24. The van der Waals surface area contributed by atoms with Crippen LogP contribution in [0.3, 0.4) is 0 Å². The summed E-state index contributed by atoms with van der Waals surface area (Å²) >= 11 is 0. The van der Waals surface area contributed by atoms with Gasteiger partial charge in [0, 0.05) is 56.1 Å². The van der Waals surface area contributed by atoms with Crippen LogP contribution in [0.4, 0.5) is 23.1 Å². The van der Waals surface area contributed by atoms with Crippen molar-refractivity contribution < 1.29 is 9.59 Å². The Hall–Kier alpha value is -3.94. The molecule has 38 heavy (non-hydrogen) atoms. The number of hydrogen-bond acceptors (Lipinski definition) is 6. The van der Waals surface area contributed by atoms with Crippen molar-refractivity contribution in [2.45, 2.75) is 58.9 Å². The van der Waals surface area contributed by atoms with Gasteiger partial charge in [-0.3, -0.25) is 9.59 Å². The monoisotopic (exact) mass is 514 g/mol. The third kappa shape index (κ3) is 6.68. The fraction of sp³-hybridized carbons (Fsp3) is 0.400. The number of rotatable bonds is 6. The van der Waals surface area contributed by atoms with Gasteiger partial charge >= 0.3 is 0 Å². The molecule has 1 saturated heterocycles. The summed E-state index contributed by atoms with van der Waals surface area (Å²) < 4.78 is 0. The van der Waals surface area contributed by atoms with Crippen molar-refractivity contribution in [3.8, 4) is 0 Å². The Morgan fingerprint density at radius 1 is 1.05 bits per heavy atom. The van der Waals surface area contributed by atoms with E-state index in [1.807, 2.05) is 54.3 Å². The number of carbonyl (C=O) groups excluding carboxylic acids is 2. The number of amides is 2. The SMILES string of the molecule is CC(=O)N1CC(C)(C)c2ccc(Nc3nccc(N4CCCCC4)n3)cc21.Cc1ccc(CNC=O)cc1. The lowest BCUT2D eigenvalue weighted by Gasteiger charge is -2.27. The quantitative estimate of drug-likeness (QED) is 0.445. The Bertz CT molecular complexity index is 1250. The lowest BCUT2D eigenvalue weighted by atomic mass is 9.87. The molecule has 2 aromatic carbocycles. The molecule has 8 heteroatoms. The van der Waals surface area contributed by atoms with Crippen LogP contribution in [0.5, 0.6) is 0 Å². The second kappa shape index (κ2) is 12.1. The molecular formula is C30H38N6O2. The zero-order chi connectivity index (χ0) is 27.1. The summed E-state index contributed by atoms with van der Waals surface area (Å²) in [4.78, 5) is 35.2. The smallest absolute Gasteiger partial charge is 0.229 e. The molecule has 3 heterocycles. The minimum atomic E-state index is -0.0375. The van der Waals surface area contributed by atoms with Gasteiger partial charge in [-0.2, -0.15) is 4.98 Å². The van der Waals surface area contributed by atoms with E-state index in [1.165, 1.54) is 30.4 Å². The molecule has 0 saturated carbocycles. The molecule has 1 aromatic heterocycles. The van der Waals surface area contributed by atoms with E-state index in [2.05, 4.69) is 40.4 Å². The lowest BCUT2D eigenvalue weighted by molar-refractivity contribution is -0.116. The predicted molar refractivity (Wildman–Crippen MR) is 153 cm³/mol. The first-order valence-corrected chi connectivity index (χ1v) is 13.3. The van der Waals surface area contributed by atoms with Crippen LogP contribution < -0.4 is 20.4 Å². The molecule has 0 bridgehead atoms. The molecular weight excluding hydrogens is 476 g/mol. The van der Waals surface area contributed by atoms with Gasteiger partial charge in [0.1, 0.15) is 5.82 Å². The first kappa shape index (κ1) is 27.1. The molecule has 0 radical (unpaired) electrons. The van der Waals surface area contributed by atoms with Gasteiger partial charge in [0.25, 0.3) is 0 Å². The molecule has 2 aliphatic heterocycles. The van der Waals surface area contributed by atoms with E-state index < -0.39 is 0 Å². The van der Waals surface area contributed by atoms with Crippen LogP contribution in [0.25, 0.3) is 0 Å². The zero-order valence-electron chi connectivity index (χ0n) is 22.8. The van der Waals surface area contributed by atoms with Crippen molar-refractivity contribution in [2.24, 2.45) is 0 Å². The molecule has 1 fully saturated rings. The Labute approximate surface area is 225 Å². The second-order valence-electron chi connectivity index (χ2n) is 10.6. The zero-order valence-corrected chi connectivity index (χ0v) is 22.8. The van der Waals surface area contributed by atoms with Crippen molar-refractivity contribution in [3.05, 3.63) is 71.4 Å². The Balaban J connectivity index is 0.000000257. The van der Waals surface area contributed by atoms with Gasteiger partial charge in [-0.1, -0.05) is 49.7 Å². The number of aryl methyl sites for hydroxylation is 1. The maximum atomic E-state index is 12.1. The lowest BCUT2D eigenvalue weighted by Crippen LogP contribution is -2.31. The maximum absolute atomic E-state index is 12.1. The van der Waals surface area contributed by atoms with Gasteiger partial charge in [0.15, 0.2) is 0 Å². The summed E-state index contributed by atoms with van der Waals surface area (Å²) in [7, 11) is 0. The number of benzene rings is 2. The van der Waals surface area contributed by atoms with Crippen LogP contribution in [0.2, 0.25) is 0 Å². The molecule has 0 atom stereocenters. The van der Waals surface area contributed by atoms with E-state index >= 15 is 0 Å². The predicted octanol–water partition coefficient (Wildman–Crippen LogP) is 5.10. The largest absolute Gasteiger partial charge is 0.356 e. The fourth-order valence-corrected chi connectivity index (χ4v) is 4.95. The van der Waals surface area contributed by atoms with E-state index in [0.717, 1.165) is 35.8 Å². The molecule has 0 aliphatic carbocycles. The average Bonchev–Trinajstić information content (AvgIpc) is 3.19. The number of hydrogen-bond donors (Lipinski definition) is 2. The van der Waals surface area contributed by atoms with Crippen molar-refractivity contribution in [3.63, 3.8) is 0 Å². The highest BCUT2D eigenvalue weighted by molar-refractivity contribution is 5.95. The number of fused-ring (bicyclic) bond motifs is 1. The van der Waals surface area contributed by atoms with Crippen LogP contribution >= 0.6 is 0 Å². The molecule has 0 unspecified atom stereocenters. The summed E-state index contributed by atoms with van der Waals surface area (Å²) in [5.74, 6) is 1.63. The van der Waals surface area contributed by atoms with Gasteiger partial charge in [0.05, 0.1) is 0 Å². The molecule has 0 spiro atoms. The number of anilines is 4. The summed E-state index contributed by atoms with van der Waals surface area (Å²) in [5.41, 5.74) is 5.40. The first-order chi connectivity index (χ1) is 18.3. The highest BCUT2D eigenvalue weighted by Crippen LogP contribution is 2.42. The first-order valence-electron chi connectivity index (χ1n) is 13.3. The van der Waals surface area contributed by atoms with Crippen LogP contribution in [0.15, 0.2) is 54.7 Å². The molecule has 2 aliphatic rings. The molecule has 2 amide bonds. The van der Waals surface area contributed by atoms with Crippen molar-refractivity contribution in [1.29, 1.82) is 0 Å². The third-order valence-electron chi connectivity index (χ3n) is 7.04. The normalized spacial score (nSPS) is 15.7. The van der Waals surface area contributed by atoms with Crippen LogP contribution in [-0.4, -0.2) is 41.9 Å². The fourth-order valence-electron chi connectivity index (χ4n) is 4.95. The van der Waals surface area contributed by atoms with Crippen molar-refractivity contribution in [1.82, 2.24) is 15.3 Å². The minimum absolute atomic E-state index is 0.0375. The molecule has 2 N–H and O–H groups in total. The van der Waals surface area contributed by atoms with E-state index in [0.29, 0.717) is 25.4 Å². The van der Waals surface area contributed by atoms with Gasteiger partial charge in [0.2, 0.25) is 18.3 Å². The standard InChI is InChI=1S/C21H27N5O.C9H11NO/c1-15(27)26-14-21(2,3)17-8-7-16(13-18(17)26)23-20-22-10-9-19(24-20)25-11-5-4-6-12-25;1-8-2-4-9(5-3-8)6-10-7-11/h7-10,13H,4-6,11-12,14H2,1-3H3,(H,22,23,24);2-5,7H,6H2,1H3,(H,10,11). The van der Waals surface area contributed by atoms with E-state index in [1.54, 1.807) is 13.1 Å². The Morgan fingerprint density at radius 2 is 1.79 bits per heavy atom. The van der Waals surface area contributed by atoms with Crippen LogP contribution in [-0.2, 0) is 21.5 Å². The third-order valence-corrected chi connectivity index (χ3v) is 7.04. The Kier molecular flexibility index (Phi) is 8.61. The van der Waals surface area contributed by atoms with Crippen molar-refractivity contribution >= 4 is 35.5 Å². The molecule has 200 valence electrons. The van der Waals surface area contributed by atoms with Gasteiger partial charge in [-0.15, -0.1) is 0 Å². The van der Waals surface area contributed by atoms with Crippen molar-refractivity contribution in [2.75, 3.05) is 34.8 Å². The summed E-state index contributed by atoms with van der Waals surface area (Å²) in [6, 6.07) is 16.2. The summed E-state index contributed by atoms with van der Waals surface area (Å²) in [6.45, 7) is 11.4. The number of nitrogens with zero attached hydrogens (tertiary/aromatic N) is 4. The van der Waals surface area contributed by atoms with E-state index in [-0.39, 0.29) is 11.3 Å². The average molecular weight is 515 g/mol. The number of nitrogens with one attached hydrogen (secondary N) is 2. The van der Waals surface area contributed by atoms with Gasteiger partial charge in [-0.05, 0) is 55.5 Å². The Morgan fingerprint density at radius 3 is 2.47 bits per heavy atom. The maximum Gasteiger partial charge on any atom is 0.229 e. The van der Waals surface area contributed by atoms with Crippen LogP contribution in [0.1, 0.15) is 56.7 Å². The highest BCUT2D eigenvalue weighted by atomic mass is 16.2. The number of aromatic nitrogens is 2. The number of carbonyl (C=O) groups is 2. The molecule has 8 nitrogen and oxygen atoms in total. The van der Waals surface area contributed by atoms with Gasteiger partial charge < -0.3 is 20.4 Å². The summed E-state index contributed by atoms with van der Waals surface area (Å²) in [5, 5.41) is 5.92. The van der Waals surface area contributed by atoms with Crippen LogP contribution in [0, 0.1) is 6.92 Å².